The van der Waals surface area contributed by atoms with Gasteiger partial charge in [0.05, 0.1) is 24.8 Å². The van der Waals surface area contributed by atoms with Gasteiger partial charge >= 0.3 is 0 Å². The van der Waals surface area contributed by atoms with Crippen LogP contribution < -0.4 is 14.8 Å². The second kappa shape index (κ2) is 8.44. The molecule has 0 spiro atoms. The van der Waals surface area contributed by atoms with Gasteiger partial charge in [0.25, 0.3) is 11.6 Å². The number of nitrogens with one attached hydrogen (secondary N) is 1. The molecule has 0 saturated carbocycles. The smallest absolute Gasteiger partial charge is 0.271 e. The number of nitrogens with zero attached hydrogens (tertiary/aromatic N) is 2. The van der Waals surface area contributed by atoms with Crippen LogP contribution in [0, 0.1) is 27.3 Å². The lowest BCUT2D eigenvalue weighted by atomic mass is 10.1. The minimum absolute atomic E-state index is 0.354. The topological polar surface area (TPSA) is 114 Å². The van der Waals surface area contributed by atoms with Gasteiger partial charge in [-0.25, -0.2) is 4.39 Å². The first-order valence-electron chi connectivity index (χ1n) is 7.48. The Morgan fingerprint density at radius 2 is 2.00 bits per heavy atom. The summed E-state index contributed by atoms with van der Waals surface area (Å²) >= 11 is 0. The quantitative estimate of drug-likeness (QED) is 0.361. The second-order valence-electron chi connectivity index (χ2n) is 5.15. The minimum Gasteiger partial charge on any atom is -0.497 e. The molecular weight excluding hydrogens is 357 g/mol. The van der Waals surface area contributed by atoms with Gasteiger partial charge in [0.1, 0.15) is 29.0 Å². The molecule has 27 heavy (non-hydrogen) atoms. The summed E-state index contributed by atoms with van der Waals surface area (Å²) in [6, 6.07) is 9.19. The first-order valence-corrected chi connectivity index (χ1v) is 7.48. The van der Waals surface area contributed by atoms with Gasteiger partial charge in [-0.05, 0) is 30.3 Å². The van der Waals surface area contributed by atoms with Gasteiger partial charge in [-0.3, -0.25) is 14.9 Å². The average Bonchev–Trinajstić information content (AvgIpc) is 2.67. The zero-order valence-corrected chi connectivity index (χ0v) is 14.4. The van der Waals surface area contributed by atoms with E-state index in [-0.39, 0.29) is 5.57 Å². The highest BCUT2D eigenvalue weighted by atomic mass is 19.1. The van der Waals surface area contributed by atoms with Gasteiger partial charge in [0.15, 0.2) is 0 Å². The third kappa shape index (κ3) is 4.58. The van der Waals surface area contributed by atoms with E-state index >= 15 is 0 Å². The van der Waals surface area contributed by atoms with Crippen LogP contribution in [0.15, 0.2) is 42.0 Å². The largest absolute Gasteiger partial charge is 0.497 e. The third-order valence-corrected chi connectivity index (χ3v) is 3.51. The second-order valence-corrected chi connectivity index (χ2v) is 5.15. The summed E-state index contributed by atoms with van der Waals surface area (Å²) in [5, 5.41) is 22.2. The number of carbonyl (C=O) groups is 1. The Morgan fingerprint density at radius 3 is 2.59 bits per heavy atom. The highest BCUT2D eigenvalue weighted by Gasteiger charge is 2.16. The lowest BCUT2D eigenvalue weighted by Gasteiger charge is -2.09. The Balaban J connectivity index is 2.37. The molecule has 2 rings (SSSR count). The minimum atomic E-state index is -0.929. The van der Waals surface area contributed by atoms with Gasteiger partial charge in [-0.2, -0.15) is 5.26 Å². The van der Waals surface area contributed by atoms with Crippen molar-refractivity contribution in [2.24, 2.45) is 0 Å². The number of benzene rings is 2. The molecule has 2 aromatic rings. The zero-order valence-electron chi connectivity index (χ0n) is 14.4. The van der Waals surface area contributed by atoms with Crippen LogP contribution in [0.5, 0.6) is 11.5 Å². The summed E-state index contributed by atoms with van der Waals surface area (Å²) in [7, 11) is 2.88. The molecule has 1 N–H and O–H groups in total. The number of nitro groups is 1. The van der Waals surface area contributed by atoms with Gasteiger partial charge < -0.3 is 14.8 Å². The van der Waals surface area contributed by atoms with Crippen LogP contribution in [-0.4, -0.2) is 25.1 Å². The highest BCUT2D eigenvalue weighted by Crippen LogP contribution is 2.27. The summed E-state index contributed by atoms with van der Waals surface area (Å²) in [6.07, 6.45) is 1.24. The number of halogens is 1. The maximum absolute atomic E-state index is 13.8. The fourth-order valence-electron chi connectivity index (χ4n) is 2.17. The SMILES string of the molecule is COc1ccc(OC)c(/C=C(\C#N)C(=O)Nc2cc([N+](=O)[O-])ccc2F)c1. The van der Waals surface area contributed by atoms with Crippen molar-refractivity contribution < 1.29 is 23.6 Å². The van der Waals surface area contributed by atoms with Crippen LogP contribution in [0.3, 0.4) is 0 Å². The van der Waals surface area contributed by atoms with Crippen molar-refractivity contribution in [3.63, 3.8) is 0 Å². The van der Waals surface area contributed by atoms with Crippen LogP contribution in [0.25, 0.3) is 6.08 Å². The van der Waals surface area contributed by atoms with Crippen molar-refractivity contribution in [2.75, 3.05) is 19.5 Å². The van der Waals surface area contributed by atoms with Crippen molar-refractivity contribution in [2.45, 2.75) is 0 Å². The van der Waals surface area contributed by atoms with Gasteiger partial charge in [0.2, 0.25) is 0 Å². The molecule has 0 heterocycles. The number of non-ortho nitro benzene ring substituents is 1. The molecule has 1 amide bonds. The van der Waals surface area contributed by atoms with Gasteiger partial charge in [-0.1, -0.05) is 0 Å². The van der Waals surface area contributed by atoms with Crippen LogP contribution in [-0.2, 0) is 4.79 Å². The van der Waals surface area contributed by atoms with Gasteiger partial charge in [-0.15, -0.1) is 0 Å². The lowest BCUT2D eigenvalue weighted by molar-refractivity contribution is -0.384. The summed E-state index contributed by atoms with van der Waals surface area (Å²) in [5.74, 6) is -0.936. The summed E-state index contributed by atoms with van der Waals surface area (Å²) in [4.78, 5) is 22.4. The van der Waals surface area contributed by atoms with E-state index in [9.17, 15) is 24.6 Å². The molecule has 0 unspecified atom stereocenters. The Labute approximate surface area is 153 Å². The normalized spacial score (nSPS) is 10.7. The van der Waals surface area contributed by atoms with Crippen molar-refractivity contribution in [3.8, 4) is 17.6 Å². The first-order chi connectivity index (χ1) is 12.9. The number of rotatable bonds is 6. The summed E-state index contributed by atoms with van der Waals surface area (Å²) in [6.45, 7) is 0. The Kier molecular flexibility index (Phi) is 6.06. The standard InChI is InChI=1S/C18H14FN3O5/c1-26-14-4-6-17(27-2)11(8-14)7-12(10-20)18(23)21-16-9-13(22(24)25)3-5-15(16)19/h3-9H,1-2H3,(H,21,23)/b12-7+. The molecule has 0 fully saturated rings. The molecule has 0 aromatic heterocycles. The van der Waals surface area contributed by atoms with E-state index < -0.39 is 28.0 Å². The molecule has 0 saturated heterocycles. The van der Waals surface area contributed by atoms with Crippen LogP contribution in [0.4, 0.5) is 15.8 Å². The molecule has 0 aliphatic rings. The summed E-state index contributed by atoms with van der Waals surface area (Å²) < 4.78 is 24.1. The monoisotopic (exact) mass is 371 g/mol. The molecule has 2 aromatic carbocycles. The molecule has 0 bridgehead atoms. The van der Waals surface area contributed by atoms with Crippen molar-refractivity contribution in [1.82, 2.24) is 0 Å². The Morgan fingerprint density at radius 1 is 1.26 bits per heavy atom. The highest BCUT2D eigenvalue weighted by molar-refractivity contribution is 6.10. The Bertz CT molecular complexity index is 966. The van der Waals surface area contributed by atoms with E-state index in [0.717, 1.165) is 18.2 Å². The van der Waals surface area contributed by atoms with E-state index in [0.29, 0.717) is 17.1 Å². The fraction of sp³-hybridized carbons (Fsp3) is 0.111. The maximum atomic E-state index is 13.8. The van der Waals surface area contributed by atoms with Crippen LogP contribution in [0.2, 0.25) is 0 Å². The number of amides is 1. The predicted octanol–water partition coefficient (Wildman–Crippen LogP) is 3.30. The zero-order chi connectivity index (χ0) is 20.0. The number of nitriles is 1. The van der Waals surface area contributed by atoms with Crippen molar-refractivity contribution in [3.05, 3.63) is 63.5 Å². The predicted molar refractivity (Wildman–Crippen MR) is 94.8 cm³/mol. The van der Waals surface area contributed by atoms with Gasteiger partial charge in [0, 0.05) is 17.7 Å². The van der Waals surface area contributed by atoms with E-state index in [1.54, 1.807) is 24.3 Å². The van der Waals surface area contributed by atoms with E-state index in [1.165, 1.54) is 20.3 Å². The average molecular weight is 371 g/mol. The lowest BCUT2D eigenvalue weighted by Crippen LogP contribution is -2.14. The molecule has 0 radical (unpaired) electrons. The first kappa shape index (κ1) is 19.4. The van der Waals surface area contributed by atoms with E-state index in [1.807, 2.05) is 0 Å². The third-order valence-electron chi connectivity index (χ3n) is 3.51. The maximum Gasteiger partial charge on any atom is 0.271 e. The number of anilines is 1. The number of hydrogen-bond acceptors (Lipinski definition) is 6. The molecule has 8 nitrogen and oxygen atoms in total. The molecular formula is C18H14FN3O5. The Hall–Kier alpha value is -3.93. The fourth-order valence-corrected chi connectivity index (χ4v) is 2.17. The number of nitro benzene ring substituents is 1. The molecule has 138 valence electrons. The van der Waals surface area contributed by atoms with E-state index in [4.69, 9.17) is 9.47 Å². The van der Waals surface area contributed by atoms with Crippen molar-refractivity contribution >= 4 is 23.4 Å². The van der Waals surface area contributed by atoms with E-state index in [2.05, 4.69) is 5.32 Å². The van der Waals surface area contributed by atoms with Crippen molar-refractivity contribution in [1.29, 1.82) is 5.26 Å². The number of hydrogen-bond donors (Lipinski definition) is 1. The number of methoxy groups -OCH3 is 2. The van der Waals surface area contributed by atoms with Crippen LogP contribution in [0.1, 0.15) is 5.56 Å². The molecule has 0 aliphatic carbocycles. The summed E-state index contributed by atoms with van der Waals surface area (Å²) in [5.41, 5.74) is -0.771. The molecule has 9 heteroatoms. The van der Waals surface area contributed by atoms with Crippen LogP contribution >= 0.6 is 0 Å². The number of ether oxygens (including phenoxy) is 2. The number of carbonyl (C=O) groups excluding carboxylic acids is 1. The molecule has 0 atom stereocenters. The molecule has 0 aliphatic heterocycles.